The lowest BCUT2D eigenvalue weighted by molar-refractivity contribution is 0.0842. The van der Waals surface area contributed by atoms with Crippen molar-refractivity contribution < 1.29 is 4.74 Å². The molecule has 2 saturated heterocycles. The molecular weight excluding hydrogens is 484 g/mol. The van der Waals surface area contributed by atoms with Crippen LogP contribution in [-0.4, -0.2) is 38.8 Å². The number of benzene rings is 1. The molecule has 32 heavy (non-hydrogen) atoms. The fourth-order valence-electron chi connectivity index (χ4n) is 5.05. The van der Waals surface area contributed by atoms with Crippen LogP contribution in [0.25, 0.3) is 5.69 Å². The Morgan fingerprint density at radius 3 is 2.78 bits per heavy atom. The molecule has 0 amide bonds. The van der Waals surface area contributed by atoms with Gasteiger partial charge in [0.15, 0.2) is 5.11 Å². The van der Waals surface area contributed by atoms with Crippen molar-refractivity contribution in [3.63, 3.8) is 0 Å². The molecule has 5 rings (SSSR count). The van der Waals surface area contributed by atoms with Crippen LogP contribution in [0.1, 0.15) is 47.6 Å². The highest BCUT2D eigenvalue weighted by atomic mass is 79.9. The minimum Gasteiger partial charge on any atom is -0.376 e. The Morgan fingerprint density at radius 2 is 2.06 bits per heavy atom. The maximum absolute atomic E-state index is 5.97. The zero-order valence-corrected chi connectivity index (χ0v) is 20.7. The number of aromatic nitrogens is 2. The summed E-state index contributed by atoms with van der Waals surface area (Å²) in [7, 11) is 0. The summed E-state index contributed by atoms with van der Waals surface area (Å²) in [6.07, 6.45) is 4.26. The molecular formula is C25H27BrN4OS. The Bertz CT molecular complexity index is 1130. The first-order valence-electron chi connectivity index (χ1n) is 11.1. The van der Waals surface area contributed by atoms with E-state index in [1.165, 1.54) is 17.0 Å². The molecule has 1 N–H and O–H groups in total. The summed E-state index contributed by atoms with van der Waals surface area (Å²) < 4.78 is 9.36. The number of hydrogen-bond donors (Lipinski definition) is 1. The molecule has 2 aliphatic heterocycles. The van der Waals surface area contributed by atoms with Crippen LogP contribution < -0.4 is 5.32 Å². The molecule has 0 saturated carbocycles. The minimum absolute atomic E-state index is 0.0124. The summed E-state index contributed by atoms with van der Waals surface area (Å²) in [6.45, 7) is 5.99. The van der Waals surface area contributed by atoms with Crippen molar-refractivity contribution in [2.75, 3.05) is 13.2 Å². The van der Waals surface area contributed by atoms with Gasteiger partial charge in [-0.25, -0.2) is 0 Å². The maximum atomic E-state index is 5.97. The molecule has 166 valence electrons. The highest BCUT2D eigenvalue weighted by Gasteiger charge is 2.42. The number of rotatable bonds is 5. The largest absolute Gasteiger partial charge is 0.376 e. The second-order valence-corrected chi connectivity index (χ2v) is 9.86. The van der Waals surface area contributed by atoms with E-state index in [9.17, 15) is 0 Å². The van der Waals surface area contributed by atoms with Crippen molar-refractivity contribution in [1.29, 1.82) is 0 Å². The summed E-state index contributed by atoms with van der Waals surface area (Å²) in [5.41, 5.74) is 5.83. The summed E-state index contributed by atoms with van der Waals surface area (Å²) in [5, 5.41) is 4.34. The Kier molecular flexibility index (Phi) is 6.05. The van der Waals surface area contributed by atoms with E-state index in [1.54, 1.807) is 0 Å². The average molecular weight is 511 g/mol. The molecule has 0 radical (unpaired) electrons. The van der Waals surface area contributed by atoms with E-state index in [4.69, 9.17) is 17.0 Å². The Morgan fingerprint density at radius 1 is 1.19 bits per heavy atom. The molecule has 0 unspecified atom stereocenters. The number of nitrogens with zero attached hydrogens (tertiary/aromatic N) is 3. The van der Waals surface area contributed by atoms with Gasteiger partial charge < -0.3 is 19.5 Å². The van der Waals surface area contributed by atoms with Crippen LogP contribution in [0.4, 0.5) is 0 Å². The third kappa shape index (κ3) is 3.98. The predicted octanol–water partition coefficient (Wildman–Crippen LogP) is 5.40. The molecule has 7 heteroatoms. The molecule has 1 aromatic carbocycles. The monoisotopic (exact) mass is 510 g/mol. The fourth-order valence-corrected chi connectivity index (χ4v) is 5.75. The standard InChI is InChI=1S/C25H27BrN4OS/c1-16-13-21(17(2)30(16)19-8-5-7-18(26)14-19)24-23(22-10-3-4-11-27-22)28-25(32)29(24)15-20-9-6-12-31-20/h3-5,7-8,10-11,13-14,20,23-24H,6,9,12,15H2,1-2H3,(H,28,32)/t20-,23-,24+/m0/s1. The highest BCUT2D eigenvalue weighted by molar-refractivity contribution is 9.10. The lowest BCUT2D eigenvalue weighted by Gasteiger charge is -2.30. The van der Waals surface area contributed by atoms with E-state index in [2.05, 4.69) is 85.9 Å². The predicted molar refractivity (Wildman–Crippen MR) is 134 cm³/mol. The van der Waals surface area contributed by atoms with Gasteiger partial charge in [0.1, 0.15) is 0 Å². The lowest BCUT2D eigenvalue weighted by atomic mass is 9.96. The van der Waals surface area contributed by atoms with Crippen molar-refractivity contribution >= 4 is 33.3 Å². The Hall–Kier alpha value is -2.22. The van der Waals surface area contributed by atoms with Crippen LogP contribution in [0.15, 0.2) is 59.2 Å². The SMILES string of the molecule is Cc1cc([C@@H]2[C@H](c3ccccn3)NC(=S)N2C[C@@H]2CCCO2)c(C)n1-c1cccc(Br)c1. The van der Waals surface area contributed by atoms with Crippen molar-refractivity contribution in [1.82, 2.24) is 19.8 Å². The summed E-state index contributed by atoms with van der Waals surface area (Å²) >= 11 is 9.46. The van der Waals surface area contributed by atoms with Gasteiger partial charge in [-0.3, -0.25) is 4.98 Å². The number of aryl methyl sites for hydroxylation is 1. The van der Waals surface area contributed by atoms with Gasteiger partial charge in [0.2, 0.25) is 0 Å². The zero-order chi connectivity index (χ0) is 22.2. The van der Waals surface area contributed by atoms with Crippen LogP contribution in [0.2, 0.25) is 0 Å². The van der Waals surface area contributed by atoms with Crippen molar-refractivity contribution in [3.8, 4) is 5.69 Å². The Labute approximate surface area is 202 Å². The lowest BCUT2D eigenvalue weighted by Crippen LogP contribution is -2.36. The van der Waals surface area contributed by atoms with E-state index in [1.807, 2.05) is 18.3 Å². The quantitative estimate of drug-likeness (QED) is 0.465. The van der Waals surface area contributed by atoms with Crippen molar-refractivity contribution in [2.45, 2.75) is 44.9 Å². The van der Waals surface area contributed by atoms with Crippen molar-refractivity contribution in [3.05, 3.63) is 81.8 Å². The first kappa shape index (κ1) is 21.6. The van der Waals surface area contributed by atoms with E-state index in [0.717, 1.165) is 47.0 Å². The smallest absolute Gasteiger partial charge is 0.170 e. The molecule has 4 heterocycles. The van der Waals surface area contributed by atoms with Gasteiger partial charge in [-0.2, -0.15) is 0 Å². The molecule has 2 aliphatic rings. The summed E-state index contributed by atoms with van der Waals surface area (Å²) in [4.78, 5) is 6.99. The normalized spacial score (nSPS) is 23.0. The highest BCUT2D eigenvalue weighted by Crippen LogP contribution is 2.42. The van der Waals surface area contributed by atoms with Crippen LogP contribution >= 0.6 is 28.1 Å². The van der Waals surface area contributed by atoms with Crippen LogP contribution in [0.3, 0.4) is 0 Å². The number of nitrogens with one attached hydrogen (secondary N) is 1. The molecule has 3 aromatic rings. The molecule has 2 aromatic heterocycles. The van der Waals surface area contributed by atoms with Crippen LogP contribution in [0, 0.1) is 13.8 Å². The number of thiocarbonyl (C=S) groups is 1. The van der Waals surface area contributed by atoms with E-state index in [0.29, 0.717) is 0 Å². The fraction of sp³-hybridized carbons (Fsp3) is 0.360. The minimum atomic E-state index is -0.0124. The maximum Gasteiger partial charge on any atom is 0.170 e. The van der Waals surface area contributed by atoms with E-state index in [-0.39, 0.29) is 18.2 Å². The topological polar surface area (TPSA) is 42.3 Å². The van der Waals surface area contributed by atoms with Crippen molar-refractivity contribution in [2.24, 2.45) is 0 Å². The molecule has 0 bridgehead atoms. The second-order valence-electron chi connectivity index (χ2n) is 8.56. The second kappa shape index (κ2) is 8.96. The van der Waals surface area contributed by atoms with Gasteiger partial charge in [0.25, 0.3) is 0 Å². The first-order chi connectivity index (χ1) is 15.5. The summed E-state index contributed by atoms with van der Waals surface area (Å²) in [5.74, 6) is 0. The van der Waals surface area contributed by atoms with Crippen LogP contribution in [-0.2, 0) is 4.74 Å². The third-order valence-electron chi connectivity index (χ3n) is 6.48. The number of halogens is 1. The van der Waals surface area contributed by atoms with Gasteiger partial charge in [0, 0.05) is 40.9 Å². The van der Waals surface area contributed by atoms with Gasteiger partial charge in [-0.1, -0.05) is 28.1 Å². The molecule has 0 aliphatic carbocycles. The van der Waals surface area contributed by atoms with E-state index < -0.39 is 0 Å². The number of pyridine rings is 1. The molecule has 5 nitrogen and oxygen atoms in total. The molecule has 0 spiro atoms. The molecule has 2 fully saturated rings. The van der Waals surface area contributed by atoms with Gasteiger partial charge in [0.05, 0.1) is 23.9 Å². The van der Waals surface area contributed by atoms with Gasteiger partial charge >= 0.3 is 0 Å². The van der Waals surface area contributed by atoms with Gasteiger partial charge in [-0.05, 0) is 80.9 Å². The summed E-state index contributed by atoms with van der Waals surface area (Å²) in [6, 6.07) is 16.8. The third-order valence-corrected chi connectivity index (χ3v) is 7.32. The Balaban J connectivity index is 1.59. The van der Waals surface area contributed by atoms with Crippen LogP contribution in [0.5, 0.6) is 0 Å². The average Bonchev–Trinajstić information content (AvgIpc) is 3.48. The molecule has 3 atom stereocenters. The number of hydrogen-bond acceptors (Lipinski definition) is 3. The van der Waals surface area contributed by atoms with E-state index >= 15 is 0 Å². The number of ether oxygens (including phenoxy) is 1. The zero-order valence-electron chi connectivity index (χ0n) is 18.3. The van der Waals surface area contributed by atoms with Gasteiger partial charge in [-0.15, -0.1) is 0 Å². The first-order valence-corrected chi connectivity index (χ1v) is 12.3.